The van der Waals surface area contributed by atoms with Crippen molar-refractivity contribution in [1.82, 2.24) is 19.8 Å². The Morgan fingerprint density at radius 1 is 1.21 bits per heavy atom. The average molecular weight is 465 g/mol. The van der Waals surface area contributed by atoms with E-state index in [1.165, 1.54) is 0 Å². The van der Waals surface area contributed by atoms with Crippen LogP contribution >= 0.6 is 0 Å². The summed E-state index contributed by atoms with van der Waals surface area (Å²) in [7, 11) is 0. The number of piperazine rings is 1. The number of nitrogens with one attached hydrogen (secondary N) is 1. The topological polar surface area (TPSA) is 117 Å². The monoisotopic (exact) mass is 464 g/mol. The van der Waals surface area contributed by atoms with E-state index in [2.05, 4.69) is 10.3 Å². The Balaban J connectivity index is 1.81. The Bertz CT molecular complexity index is 1170. The fraction of sp³-hybridized carbons (Fsp3) is 0.320. The number of hydrogen-bond donors (Lipinski definition) is 3. The molecule has 0 radical (unpaired) electrons. The van der Waals surface area contributed by atoms with Crippen LogP contribution in [0.4, 0.5) is 4.79 Å². The molecule has 0 bridgehead atoms. The van der Waals surface area contributed by atoms with Crippen LogP contribution in [-0.2, 0) is 0 Å². The molecular weight excluding hydrogens is 436 g/mol. The Morgan fingerprint density at radius 2 is 1.97 bits per heavy atom. The first-order valence-corrected chi connectivity index (χ1v) is 11.2. The van der Waals surface area contributed by atoms with Crippen molar-refractivity contribution in [2.45, 2.75) is 25.9 Å². The van der Waals surface area contributed by atoms with Crippen LogP contribution in [-0.4, -0.2) is 74.9 Å². The quantitative estimate of drug-likeness (QED) is 0.460. The number of aliphatic hydroxyl groups excluding tert-OH is 1. The van der Waals surface area contributed by atoms with Gasteiger partial charge in [0, 0.05) is 30.9 Å². The first-order valence-electron chi connectivity index (χ1n) is 11.2. The molecule has 9 nitrogen and oxygen atoms in total. The lowest BCUT2D eigenvalue weighted by Gasteiger charge is -2.38. The Hall–Kier alpha value is -3.69. The normalized spacial score (nSPS) is 18.0. The number of benzene rings is 2. The van der Waals surface area contributed by atoms with Crippen LogP contribution in [0.1, 0.15) is 23.0 Å². The van der Waals surface area contributed by atoms with Gasteiger partial charge in [-0.3, -0.25) is 14.3 Å². The highest BCUT2D eigenvalue weighted by Crippen LogP contribution is 2.27. The highest BCUT2D eigenvalue weighted by molar-refractivity contribution is 6.01. The van der Waals surface area contributed by atoms with Crippen LogP contribution < -0.4 is 10.1 Å². The zero-order valence-electron chi connectivity index (χ0n) is 19.1. The summed E-state index contributed by atoms with van der Waals surface area (Å²) < 4.78 is 7.44. The molecule has 1 saturated heterocycles. The maximum absolute atomic E-state index is 13.6. The van der Waals surface area contributed by atoms with Crippen LogP contribution in [0.3, 0.4) is 0 Å². The predicted molar refractivity (Wildman–Crippen MR) is 127 cm³/mol. The lowest BCUT2D eigenvalue weighted by Crippen LogP contribution is -2.63. The highest BCUT2D eigenvalue weighted by Gasteiger charge is 2.40. The maximum Gasteiger partial charge on any atom is 0.408 e. The predicted octanol–water partition coefficient (Wildman–Crippen LogP) is 2.74. The third-order valence-corrected chi connectivity index (χ3v) is 5.86. The summed E-state index contributed by atoms with van der Waals surface area (Å²) in [6, 6.07) is 13.4. The number of aryl methyl sites for hydroxylation is 1. The van der Waals surface area contributed by atoms with Gasteiger partial charge in [0.15, 0.2) is 0 Å². The summed E-state index contributed by atoms with van der Waals surface area (Å²) in [5, 5.41) is 22.5. The number of aromatic nitrogens is 2. The van der Waals surface area contributed by atoms with E-state index in [0.717, 1.165) is 21.7 Å². The van der Waals surface area contributed by atoms with Gasteiger partial charge in [-0.1, -0.05) is 35.9 Å². The van der Waals surface area contributed by atoms with Gasteiger partial charge in [-0.05, 0) is 26.0 Å². The number of hydrogen-bond acceptors (Lipinski definition) is 6. The van der Waals surface area contributed by atoms with Gasteiger partial charge in [0.25, 0.3) is 0 Å². The Kier molecular flexibility index (Phi) is 6.95. The second kappa shape index (κ2) is 10.1. The molecule has 3 aromatic rings. The average Bonchev–Trinajstić information content (AvgIpc) is 3.29. The molecule has 2 unspecified atom stereocenters. The van der Waals surface area contributed by atoms with Gasteiger partial charge < -0.3 is 20.3 Å². The summed E-state index contributed by atoms with van der Waals surface area (Å²) in [5.41, 5.74) is 2.77. The van der Waals surface area contributed by atoms with E-state index < -0.39 is 24.0 Å². The second-order valence-corrected chi connectivity index (χ2v) is 8.14. The number of carbonyl (C=O) groups excluding carboxylic acids is 1. The molecular formula is C25H28N4O5. The third-order valence-electron chi connectivity index (χ3n) is 5.86. The molecule has 1 fully saturated rings. The van der Waals surface area contributed by atoms with Gasteiger partial charge in [0.2, 0.25) is 5.78 Å². The second-order valence-electron chi connectivity index (χ2n) is 8.14. The van der Waals surface area contributed by atoms with E-state index in [-0.39, 0.29) is 18.8 Å². The van der Waals surface area contributed by atoms with Crippen LogP contribution in [0.5, 0.6) is 5.75 Å². The number of carboxylic acid groups (broad SMARTS) is 1. The van der Waals surface area contributed by atoms with E-state index in [1.807, 2.05) is 62.4 Å². The summed E-state index contributed by atoms with van der Waals surface area (Å²) in [5.74, 6) is 0.759. The van der Waals surface area contributed by atoms with E-state index in [9.17, 15) is 19.8 Å². The van der Waals surface area contributed by atoms with Crippen molar-refractivity contribution in [3.63, 3.8) is 0 Å². The van der Waals surface area contributed by atoms with Crippen LogP contribution in [0.2, 0.25) is 0 Å². The standard InChI is InChI=1S/C25H28N4O5/c1-3-34-19-6-4-5-18(13-19)29-14-20(27-24(29)17-9-7-16(2)8-10-17)23(31)22-21(15-30)26-11-12-28(22)25(32)33/h4-10,13-14,21-22,26,30H,3,11-12,15H2,1-2H3,(H,32,33). The lowest BCUT2D eigenvalue weighted by molar-refractivity contribution is 0.0556. The zero-order chi connectivity index (χ0) is 24.2. The molecule has 1 aromatic heterocycles. The molecule has 2 atom stereocenters. The number of imidazole rings is 1. The molecule has 9 heteroatoms. The summed E-state index contributed by atoms with van der Waals surface area (Å²) in [4.78, 5) is 31.1. The zero-order valence-corrected chi connectivity index (χ0v) is 19.1. The molecule has 2 heterocycles. The van der Waals surface area contributed by atoms with E-state index in [1.54, 1.807) is 10.8 Å². The summed E-state index contributed by atoms with van der Waals surface area (Å²) >= 11 is 0. The number of carbonyl (C=O) groups is 2. The summed E-state index contributed by atoms with van der Waals surface area (Å²) in [6.45, 7) is 4.54. The van der Waals surface area contributed by atoms with Gasteiger partial charge in [-0.2, -0.15) is 0 Å². The number of ether oxygens (including phenoxy) is 1. The number of amides is 1. The minimum atomic E-state index is -1.21. The van der Waals surface area contributed by atoms with Crippen molar-refractivity contribution in [2.75, 3.05) is 26.3 Å². The number of ketones is 1. The van der Waals surface area contributed by atoms with Crippen molar-refractivity contribution < 1.29 is 24.5 Å². The van der Waals surface area contributed by atoms with Gasteiger partial charge in [0.1, 0.15) is 23.3 Å². The maximum atomic E-state index is 13.6. The molecule has 0 spiro atoms. The number of Topliss-reactive ketones (excluding diaryl/α,β-unsaturated/α-hetero) is 1. The van der Waals surface area contributed by atoms with Crippen LogP contribution in [0, 0.1) is 6.92 Å². The molecule has 0 aliphatic carbocycles. The lowest BCUT2D eigenvalue weighted by atomic mass is 9.98. The van der Waals surface area contributed by atoms with Gasteiger partial charge >= 0.3 is 6.09 Å². The Labute approximate surface area is 197 Å². The fourth-order valence-corrected chi connectivity index (χ4v) is 4.18. The van der Waals surface area contributed by atoms with E-state index >= 15 is 0 Å². The first kappa shape index (κ1) is 23.5. The largest absolute Gasteiger partial charge is 0.494 e. The van der Waals surface area contributed by atoms with Crippen molar-refractivity contribution in [2.24, 2.45) is 0 Å². The SMILES string of the molecule is CCOc1cccc(-n2cc(C(=O)C3C(CO)NCCN3C(=O)O)nc2-c2ccc(C)cc2)c1. The molecule has 3 N–H and O–H groups in total. The van der Waals surface area contributed by atoms with E-state index in [0.29, 0.717) is 24.7 Å². The molecule has 1 aliphatic rings. The minimum Gasteiger partial charge on any atom is -0.494 e. The van der Waals surface area contributed by atoms with Crippen molar-refractivity contribution in [3.05, 3.63) is 66.0 Å². The smallest absolute Gasteiger partial charge is 0.408 e. The molecule has 1 amide bonds. The molecule has 178 valence electrons. The number of rotatable bonds is 7. The van der Waals surface area contributed by atoms with Crippen molar-refractivity contribution in [3.8, 4) is 22.8 Å². The van der Waals surface area contributed by atoms with Crippen LogP contribution in [0.15, 0.2) is 54.7 Å². The fourth-order valence-electron chi connectivity index (χ4n) is 4.18. The molecule has 1 aliphatic heterocycles. The molecule has 2 aromatic carbocycles. The molecule has 4 rings (SSSR count). The highest BCUT2D eigenvalue weighted by atomic mass is 16.5. The van der Waals surface area contributed by atoms with Gasteiger partial charge in [-0.15, -0.1) is 0 Å². The van der Waals surface area contributed by atoms with E-state index in [4.69, 9.17) is 4.74 Å². The van der Waals surface area contributed by atoms with Crippen molar-refractivity contribution >= 4 is 11.9 Å². The van der Waals surface area contributed by atoms with Gasteiger partial charge in [0.05, 0.1) is 24.9 Å². The van der Waals surface area contributed by atoms with Crippen LogP contribution in [0.25, 0.3) is 17.1 Å². The molecule has 34 heavy (non-hydrogen) atoms. The summed E-state index contributed by atoms with van der Waals surface area (Å²) in [6.07, 6.45) is 0.409. The Morgan fingerprint density at radius 3 is 2.65 bits per heavy atom. The molecule has 0 saturated carbocycles. The number of aliphatic hydroxyl groups is 1. The minimum absolute atomic E-state index is 0.121. The number of nitrogens with zero attached hydrogens (tertiary/aromatic N) is 3. The van der Waals surface area contributed by atoms with Gasteiger partial charge in [-0.25, -0.2) is 9.78 Å². The third kappa shape index (κ3) is 4.66. The van der Waals surface area contributed by atoms with Crippen molar-refractivity contribution in [1.29, 1.82) is 0 Å². The first-order chi connectivity index (χ1) is 16.4.